The highest BCUT2D eigenvalue weighted by Crippen LogP contribution is 2.44. The Kier molecular flexibility index (Phi) is 9.51. The van der Waals surface area contributed by atoms with Crippen LogP contribution in [0.1, 0.15) is 43.4 Å². The zero-order valence-electron chi connectivity index (χ0n) is 25.2. The Hall–Kier alpha value is -4.28. The van der Waals surface area contributed by atoms with Crippen molar-refractivity contribution in [1.82, 2.24) is 5.32 Å². The number of amides is 1. The Morgan fingerprint density at radius 2 is 1.56 bits per heavy atom. The molecule has 1 aliphatic rings. The third-order valence-electron chi connectivity index (χ3n) is 8.47. The van der Waals surface area contributed by atoms with Crippen LogP contribution in [0.15, 0.2) is 85.5 Å². The minimum absolute atomic E-state index is 0.00521. The van der Waals surface area contributed by atoms with E-state index in [0.717, 1.165) is 27.8 Å². The summed E-state index contributed by atoms with van der Waals surface area (Å²) in [6.45, 7) is 13.4. The number of nitrogens with zero attached hydrogens (tertiary/aromatic N) is 1. The molecule has 1 N–H and O–H groups in total. The molecule has 0 saturated heterocycles. The van der Waals surface area contributed by atoms with Crippen LogP contribution in [0.3, 0.4) is 0 Å². The van der Waals surface area contributed by atoms with Crippen molar-refractivity contribution >= 4 is 26.1 Å². The van der Waals surface area contributed by atoms with E-state index in [1.807, 2.05) is 63.3 Å². The Morgan fingerprint density at radius 1 is 1.00 bits per heavy atom. The van der Waals surface area contributed by atoms with Crippen LogP contribution in [0.4, 0.5) is 10.5 Å². The van der Waals surface area contributed by atoms with Crippen LogP contribution in [-0.2, 0) is 23.7 Å². The number of esters is 1. The number of nitrogens with one attached hydrogen (secondary N) is 1. The molecule has 0 aromatic heterocycles. The number of hydrogen-bond donors (Lipinski definition) is 1. The third-order valence-corrected chi connectivity index (χ3v) is 12.7. The number of nitro groups is 1. The molecule has 1 amide bonds. The molecule has 1 unspecified atom stereocenters. The topological polar surface area (TPSA) is 117 Å². The number of carbonyl (C=O) groups is 2. The molecule has 0 bridgehead atoms. The second-order valence-corrected chi connectivity index (χ2v) is 16.1. The van der Waals surface area contributed by atoms with Crippen molar-refractivity contribution in [1.29, 1.82) is 0 Å². The third kappa shape index (κ3) is 6.70. The SMILES string of the molecule is C=CCOC(=O)C(NC(=O)OCC1c2ccccc2-c2ccccc21)[C@@H](C)O[Si](C)(C)C(C)(C)c1ccc([N+](=O)[O-])cc1. The van der Waals surface area contributed by atoms with Crippen molar-refractivity contribution < 1.29 is 28.4 Å². The van der Waals surface area contributed by atoms with Crippen LogP contribution < -0.4 is 5.32 Å². The van der Waals surface area contributed by atoms with Crippen LogP contribution in [0, 0.1) is 10.1 Å². The monoisotopic (exact) mass is 602 g/mol. The smallest absolute Gasteiger partial charge is 0.407 e. The summed E-state index contributed by atoms with van der Waals surface area (Å²) < 4.78 is 17.6. The molecule has 4 rings (SSSR count). The van der Waals surface area contributed by atoms with Crippen molar-refractivity contribution in [2.45, 2.75) is 57.0 Å². The summed E-state index contributed by atoms with van der Waals surface area (Å²) in [7, 11) is -2.68. The van der Waals surface area contributed by atoms with E-state index in [4.69, 9.17) is 13.9 Å². The first kappa shape index (κ1) is 31.6. The molecule has 1 aliphatic carbocycles. The lowest BCUT2D eigenvalue weighted by Crippen LogP contribution is -2.57. The molecule has 0 spiro atoms. The zero-order valence-corrected chi connectivity index (χ0v) is 26.2. The fourth-order valence-corrected chi connectivity index (χ4v) is 7.62. The Labute approximate surface area is 253 Å². The minimum Gasteiger partial charge on any atom is -0.460 e. The molecule has 43 heavy (non-hydrogen) atoms. The van der Waals surface area contributed by atoms with Crippen molar-refractivity contribution in [3.63, 3.8) is 0 Å². The molecule has 3 aromatic rings. The number of alkyl carbamates (subject to hydrolysis) is 1. The minimum atomic E-state index is -2.68. The van der Waals surface area contributed by atoms with Crippen molar-refractivity contribution in [2.24, 2.45) is 0 Å². The molecule has 0 aliphatic heterocycles. The van der Waals surface area contributed by atoms with Gasteiger partial charge >= 0.3 is 12.1 Å². The number of hydrogen-bond acceptors (Lipinski definition) is 7. The summed E-state index contributed by atoms with van der Waals surface area (Å²) in [4.78, 5) is 36.9. The first-order chi connectivity index (χ1) is 20.4. The largest absolute Gasteiger partial charge is 0.460 e. The predicted molar refractivity (Wildman–Crippen MR) is 167 cm³/mol. The van der Waals surface area contributed by atoms with Crippen LogP contribution in [0.5, 0.6) is 0 Å². The summed E-state index contributed by atoms with van der Waals surface area (Å²) >= 11 is 0. The van der Waals surface area contributed by atoms with Gasteiger partial charge in [-0.1, -0.05) is 87.2 Å². The van der Waals surface area contributed by atoms with Crippen LogP contribution in [-0.4, -0.2) is 50.7 Å². The van der Waals surface area contributed by atoms with Gasteiger partial charge in [-0.2, -0.15) is 0 Å². The van der Waals surface area contributed by atoms with Crippen molar-refractivity contribution in [3.05, 3.63) is 112 Å². The summed E-state index contributed by atoms with van der Waals surface area (Å²) in [5, 5.41) is 13.3. The lowest BCUT2D eigenvalue weighted by molar-refractivity contribution is -0.384. The maximum absolute atomic E-state index is 13.1. The highest BCUT2D eigenvalue weighted by molar-refractivity contribution is 6.74. The van der Waals surface area contributed by atoms with E-state index in [1.165, 1.54) is 18.2 Å². The molecule has 9 nitrogen and oxygen atoms in total. The molecule has 2 atom stereocenters. The molecule has 0 saturated carbocycles. The van der Waals surface area contributed by atoms with Gasteiger partial charge in [-0.25, -0.2) is 9.59 Å². The highest BCUT2D eigenvalue weighted by atomic mass is 28.4. The Balaban J connectivity index is 1.48. The van der Waals surface area contributed by atoms with E-state index >= 15 is 0 Å². The fourth-order valence-electron chi connectivity index (χ4n) is 5.39. The Bertz CT molecular complexity index is 1460. The normalized spacial score (nSPS) is 14.2. The highest BCUT2D eigenvalue weighted by Gasteiger charge is 2.45. The van der Waals surface area contributed by atoms with Crippen LogP contribution in [0.2, 0.25) is 13.1 Å². The lowest BCUT2D eigenvalue weighted by atomic mass is 9.98. The lowest BCUT2D eigenvalue weighted by Gasteiger charge is -2.42. The molecule has 0 fully saturated rings. The molecule has 0 heterocycles. The van der Waals surface area contributed by atoms with Crippen molar-refractivity contribution in [3.8, 4) is 11.1 Å². The summed E-state index contributed by atoms with van der Waals surface area (Å²) in [6.07, 6.45) is -0.0757. The Morgan fingerprint density at radius 3 is 2.09 bits per heavy atom. The van der Waals surface area contributed by atoms with Gasteiger partial charge in [0.25, 0.3) is 5.69 Å². The van der Waals surface area contributed by atoms with Crippen LogP contribution >= 0.6 is 0 Å². The number of ether oxygens (including phenoxy) is 2. The summed E-state index contributed by atoms with van der Waals surface area (Å²) in [5.74, 6) is -0.800. The van der Waals surface area contributed by atoms with Gasteiger partial charge in [-0.3, -0.25) is 10.1 Å². The van der Waals surface area contributed by atoms with Gasteiger partial charge in [-0.05, 0) is 47.8 Å². The number of fused-ring (bicyclic) bond motifs is 3. The fraction of sp³-hybridized carbons (Fsp3) is 0.333. The van der Waals surface area contributed by atoms with Crippen LogP contribution in [0.25, 0.3) is 11.1 Å². The molecular formula is C33H38N2O7Si. The van der Waals surface area contributed by atoms with E-state index in [1.54, 1.807) is 19.1 Å². The van der Waals surface area contributed by atoms with Crippen molar-refractivity contribution in [2.75, 3.05) is 13.2 Å². The molecule has 226 valence electrons. The van der Waals surface area contributed by atoms with E-state index < -0.39 is 42.5 Å². The van der Waals surface area contributed by atoms with Gasteiger partial charge in [0.05, 0.1) is 11.0 Å². The second-order valence-electron chi connectivity index (χ2n) is 11.6. The predicted octanol–water partition coefficient (Wildman–Crippen LogP) is 6.66. The van der Waals surface area contributed by atoms with E-state index in [9.17, 15) is 19.7 Å². The molecule has 3 aromatic carbocycles. The van der Waals surface area contributed by atoms with Gasteiger partial charge in [0.15, 0.2) is 14.4 Å². The summed E-state index contributed by atoms with van der Waals surface area (Å²) in [6, 6.07) is 21.3. The average molecular weight is 603 g/mol. The quantitative estimate of drug-likeness (QED) is 0.0810. The van der Waals surface area contributed by atoms with E-state index in [2.05, 4.69) is 24.0 Å². The van der Waals surface area contributed by atoms with Gasteiger partial charge in [0, 0.05) is 23.1 Å². The first-order valence-corrected chi connectivity index (χ1v) is 17.1. The number of nitro benzene ring substituents is 1. The van der Waals surface area contributed by atoms with Gasteiger partial charge in [-0.15, -0.1) is 0 Å². The summed E-state index contributed by atoms with van der Waals surface area (Å²) in [5.41, 5.74) is 5.27. The maximum Gasteiger partial charge on any atom is 0.407 e. The molecular weight excluding hydrogens is 564 g/mol. The second kappa shape index (κ2) is 12.9. The van der Waals surface area contributed by atoms with Gasteiger partial charge in [0.2, 0.25) is 0 Å². The van der Waals surface area contributed by atoms with E-state index in [-0.39, 0.29) is 24.8 Å². The van der Waals surface area contributed by atoms with Gasteiger partial charge < -0.3 is 19.2 Å². The zero-order chi connectivity index (χ0) is 31.4. The van der Waals surface area contributed by atoms with Gasteiger partial charge in [0.1, 0.15) is 13.2 Å². The molecule has 10 heteroatoms. The number of non-ortho nitro benzene ring substituents is 1. The number of rotatable bonds is 12. The number of benzene rings is 3. The van der Waals surface area contributed by atoms with E-state index in [0.29, 0.717) is 0 Å². The molecule has 0 radical (unpaired) electrons. The number of carbonyl (C=O) groups excluding carboxylic acids is 2. The first-order valence-electron chi connectivity index (χ1n) is 14.2. The maximum atomic E-state index is 13.1. The average Bonchev–Trinajstić information content (AvgIpc) is 3.30. The standard InChI is InChI=1S/C33H38N2O7Si/c1-7-20-40-31(36)30(22(2)42-43(5,6)33(3,4)23-16-18-24(19-17-23)35(38)39)34-32(37)41-21-29-27-14-10-8-12-25(27)26-13-9-11-15-28(26)29/h7-19,22,29-30H,1,20-21H2,2-6H3,(H,34,37)/t22-,30?/m1/s1.